The lowest BCUT2D eigenvalue weighted by molar-refractivity contribution is -0.132. The molecule has 3 aromatic rings. The summed E-state index contributed by atoms with van der Waals surface area (Å²) in [4.78, 5) is 36.1. The fourth-order valence-electron chi connectivity index (χ4n) is 4.06. The molecular weight excluding hydrogens is 466 g/mol. The number of aliphatic hydroxyl groups is 1. The number of ketones is 1. The number of nitrogens with zero attached hydrogens (tertiary/aromatic N) is 3. The second-order valence-electron chi connectivity index (χ2n) is 7.63. The SMILES string of the molecule is CCOc1ccc(/C(O)=C2\C(=O)C(=O)N(c3ncccn3)C2c2cc(OC)c(OC)c(OC)c2)cc1. The number of aromatic nitrogens is 2. The number of carbonyl (C=O) groups is 2. The highest BCUT2D eigenvalue weighted by molar-refractivity contribution is 6.51. The number of aliphatic hydroxyl groups excluding tert-OH is 1. The van der Waals surface area contributed by atoms with Crippen LogP contribution < -0.4 is 23.8 Å². The van der Waals surface area contributed by atoms with E-state index in [0.717, 1.165) is 4.90 Å². The van der Waals surface area contributed by atoms with E-state index in [1.807, 2.05) is 6.92 Å². The van der Waals surface area contributed by atoms with Gasteiger partial charge in [-0.3, -0.25) is 14.5 Å². The van der Waals surface area contributed by atoms with E-state index < -0.39 is 17.7 Å². The van der Waals surface area contributed by atoms with Crippen LogP contribution in [-0.2, 0) is 9.59 Å². The molecule has 2 aromatic carbocycles. The molecule has 1 amide bonds. The lowest BCUT2D eigenvalue weighted by Gasteiger charge is -2.25. The summed E-state index contributed by atoms with van der Waals surface area (Å²) in [6.07, 6.45) is 2.92. The molecule has 0 radical (unpaired) electrons. The van der Waals surface area contributed by atoms with Gasteiger partial charge in [0.1, 0.15) is 11.5 Å². The first-order valence-corrected chi connectivity index (χ1v) is 11.1. The van der Waals surface area contributed by atoms with Gasteiger partial charge in [0.2, 0.25) is 11.7 Å². The van der Waals surface area contributed by atoms with Crippen LogP contribution in [0.5, 0.6) is 23.0 Å². The number of hydrogen-bond donors (Lipinski definition) is 1. The number of methoxy groups -OCH3 is 3. The van der Waals surface area contributed by atoms with Crippen LogP contribution in [0.2, 0.25) is 0 Å². The molecule has 1 aliphatic heterocycles. The molecule has 36 heavy (non-hydrogen) atoms. The molecule has 10 heteroatoms. The van der Waals surface area contributed by atoms with Crippen molar-refractivity contribution in [3.8, 4) is 23.0 Å². The van der Waals surface area contributed by atoms with Crippen LogP contribution in [0.3, 0.4) is 0 Å². The van der Waals surface area contributed by atoms with E-state index in [-0.39, 0.29) is 17.3 Å². The van der Waals surface area contributed by atoms with Gasteiger partial charge in [-0.25, -0.2) is 9.97 Å². The van der Waals surface area contributed by atoms with Crippen LogP contribution in [0.1, 0.15) is 24.1 Å². The molecule has 10 nitrogen and oxygen atoms in total. The first kappa shape index (κ1) is 24.5. The van der Waals surface area contributed by atoms with E-state index in [9.17, 15) is 14.7 Å². The van der Waals surface area contributed by atoms with Crippen LogP contribution in [-0.4, -0.2) is 54.7 Å². The van der Waals surface area contributed by atoms with Crippen molar-refractivity contribution in [2.24, 2.45) is 0 Å². The molecule has 0 saturated carbocycles. The number of Topliss-reactive ketones (excluding diaryl/α,β-unsaturated/α-hetero) is 1. The second kappa shape index (κ2) is 10.3. The minimum absolute atomic E-state index is 0.00379. The quantitative estimate of drug-likeness (QED) is 0.287. The number of rotatable bonds is 8. The number of benzene rings is 2. The maximum atomic E-state index is 13.3. The Morgan fingerprint density at radius 2 is 1.58 bits per heavy atom. The van der Waals surface area contributed by atoms with Gasteiger partial charge in [-0.1, -0.05) is 0 Å². The average Bonchev–Trinajstić information content (AvgIpc) is 3.18. The molecule has 0 bridgehead atoms. The van der Waals surface area contributed by atoms with Gasteiger partial charge < -0.3 is 24.1 Å². The van der Waals surface area contributed by atoms with Gasteiger partial charge in [0.15, 0.2) is 11.5 Å². The first-order valence-electron chi connectivity index (χ1n) is 11.1. The Balaban J connectivity index is 1.96. The highest BCUT2D eigenvalue weighted by atomic mass is 16.5. The van der Waals surface area contributed by atoms with Gasteiger partial charge in [-0.15, -0.1) is 0 Å². The van der Waals surface area contributed by atoms with Gasteiger partial charge in [0.05, 0.1) is 39.6 Å². The molecule has 1 saturated heterocycles. The third-order valence-corrected chi connectivity index (χ3v) is 5.65. The molecule has 186 valence electrons. The minimum Gasteiger partial charge on any atom is -0.507 e. The zero-order chi connectivity index (χ0) is 25.8. The van der Waals surface area contributed by atoms with E-state index in [0.29, 0.717) is 40.7 Å². The third-order valence-electron chi connectivity index (χ3n) is 5.65. The van der Waals surface area contributed by atoms with Crippen LogP contribution in [0, 0.1) is 0 Å². The smallest absolute Gasteiger partial charge is 0.302 e. The lowest BCUT2D eigenvalue weighted by Crippen LogP contribution is -2.31. The van der Waals surface area contributed by atoms with Gasteiger partial charge in [0.25, 0.3) is 5.78 Å². The maximum Gasteiger partial charge on any atom is 0.302 e. The fourth-order valence-corrected chi connectivity index (χ4v) is 4.06. The van der Waals surface area contributed by atoms with Crippen LogP contribution >= 0.6 is 0 Å². The molecule has 1 aromatic heterocycles. The Labute approximate surface area is 207 Å². The molecule has 0 aliphatic carbocycles. The second-order valence-corrected chi connectivity index (χ2v) is 7.63. The fraction of sp³-hybridized carbons (Fsp3) is 0.231. The summed E-state index contributed by atoms with van der Waals surface area (Å²) in [5.74, 6) is -0.547. The largest absolute Gasteiger partial charge is 0.507 e. The number of anilines is 1. The van der Waals surface area contributed by atoms with Crippen molar-refractivity contribution >= 4 is 23.4 Å². The molecule has 1 N–H and O–H groups in total. The number of hydrogen-bond acceptors (Lipinski definition) is 9. The average molecular weight is 492 g/mol. The van der Waals surface area contributed by atoms with Crippen molar-refractivity contribution in [2.45, 2.75) is 13.0 Å². The van der Waals surface area contributed by atoms with Gasteiger partial charge in [0, 0.05) is 18.0 Å². The zero-order valence-corrected chi connectivity index (χ0v) is 20.2. The molecule has 1 fully saturated rings. The number of carbonyl (C=O) groups excluding carboxylic acids is 2. The summed E-state index contributed by atoms with van der Waals surface area (Å²) in [7, 11) is 4.38. The van der Waals surface area contributed by atoms with Crippen molar-refractivity contribution in [1.82, 2.24) is 9.97 Å². The van der Waals surface area contributed by atoms with Crippen LogP contribution in [0.15, 0.2) is 60.4 Å². The summed E-state index contributed by atoms with van der Waals surface area (Å²) < 4.78 is 21.8. The van der Waals surface area contributed by atoms with Gasteiger partial charge in [-0.05, 0) is 55.0 Å². The van der Waals surface area contributed by atoms with Crippen molar-refractivity contribution in [3.63, 3.8) is 0 Å². The third kappa shape index (κ3) is 4.28. The first-order chi connectivity index (χ1) is 17.4. The molecule has 2 heterocycles. The van der Waals surface area contributed by atoms with E-state index in [4.69, 9.17) is 18.9 Å². The van der Waals surface area contributed by atoms with Crippen molar-refractivity contribution in [2.75, 3.05) is 32.8 Å². The summed E-state index contributed by atoms with van der Waals surface area (Å²) in [5.41, 5.74) is 0.623. The molecular formula is C26H25N3O7. The summed E-state index contributed by atoms with van der Waals surface area (Å²) in [6.45, 7) is 2.34. The zero-order valence-electron chi connectivity index (χ0n) is 20.2. The molecule has 1 atom stereocenters. The normalized spacial score (nSPS) is 16.7. The van der Waals surface area contributed by atoms with Crippen LogP contribution in [0.25, 0.3) is 5.76 Å². The van der Waals surface area contributed by atoms with E-state index in [2.05, 4.69) is 9.97 Å². The topological polar surface area (TPSA) is 120 Å². The lowest BCUT2D eigenvalue weighted by atomic mass is 9.94. The molecule has 1 aliphatic rings. The minimum atomic E-state index is -1.08. The molecule has 0 spiro atoms. The Hall–Kier alpha value is -4.60. The summed E-state index contributed by atoms with van der Waals surface area (Å²) in [6, 6.07) is 10.3. The summed E-state index contributed by atoms with van der Waals surface area (Å²) >= 11 is 0. The van der Waals surface area contributed by atoms with Gasteiger partial charge >= 0.3 is 5.91 Å². The van der Waals surface area contributed by atoms with E-state index in [1.165, 1.54) is 33.7 Å². The molecule has 1 unspecified atom stereocenters. The standard InChI is InChI=1S/C26H25N3O7/c1-5-36-17-9-7-15(8-10-17)22(30)20-21(16-13-18(33-2)24(35-4)19(14-16)34-3)29(25(32)23(20)31)26-27-11-6-12-28-26/h6-14,21,30H,5H2,1-4H3/b22-20+. The van der Waals surface area contributed by atoms with Crippen molar-refractivity contribution in [3.05, 3.63) is 71.6 Å². The highest BCUT2D eigenvalue weighted by Crippen LogP contribution is 2.46. The molecule has 4 rings (SSSR count). The Bertz CT molecular complexity index is 1280. The monoisotopic (exact) mass is 491 g/mol. The van der Waals surface area contributed by atoms with Gasteiger partial charge in [-0.2, -0.15) is 0 Å². The Kier molecular flexibility index (Phi) is 7.05. The van der Waals surface area contributed by atoms with Crippen LogP contribution in [0.4, 0.5) is 5.95 Å². The van der Waals surface area contributed by atoms with Crippen molar-refractivity contribution in [1.29, 1.82) is 0 Å². The predicted octanol–water partition coefficient (Wildman–Crippen LogP) is 3.53. The van der Waals surface area contributed by atoms with E-state index in [1.54, 1.807) is 42.5 Å². The predicted molar refractivity (Wildman–Crippen MR) is 131 cm³/mol. The van der Waals surface area contributed by atoms with E-state index >= 15 is 0 Å². The number of amides is 1. The number of ether oxygens (including phenoxy) is 4. The Morgan fingerprint density at radius 1 is 0.972 bits per heavy atom. The summed E-state index contributed by atoms with van der Waals surface area (Å²) in [5, 5.41) is 11.3. The Morgan fingerprint density at radius 3 is 2.11 bits per heavy atom. The van der Waals surface area contributed by atoms with Crippen molar-refractivity contribution < 1.29 is 33.6 Å². The maximum absolute atomic E-state index is 13.3. The highest BCUT2D eigenvalue weighted by Gasteiger charge is 2.48.